The number of hydrogen-bond acceptors (Lipinski definition) is 8. The maximum absolute atomic E-state index is 13.1. The first-order chi connectivity index (χ1) is 15.9. The van der Waals surface area contributed by atoms with Gasteiger partial charge in [-0.1, -0.05) is 56.2 Å². The molecule has 0 aliphatic carbocycles. The highest BCUT2D eigenvalue weighted by Crippen LogP contribution is 2.20. The Hall–Kier alpha value is -3.46. The molecule has 3 rings (SSSR count). The van der Waals surface area contributed by atoms with Crippen LogP contribution in [-0.4, -0.2) is 23.0 Å². The number of nitro groups is 1. The molecule has 172 valence electrons. The van der Waals surface area contributed by atoms with Gasteiger partial charge in [0.1, 0.15) is 0 Å². The summed E-state index contributed by atoms with van der Waals surface area (Å²) in [6.45, 7) is 5.48. The molecule has 0 saturated carbocycles. The van der Waals surface area contributed by atoms with Crippen molar-refractivity contribution >= 4 is 39.3 Å². The summed E-state index contributed by atoms with van der Waals surface area (Å²) in [6, 6.07) is 12.5. The summed E-state index contributed by atoms with van der Waals surface area (Å²) >= 11 is 0.894. The molecule has 0 atom stereocenters. The Morgan fingerprint density at radius 2 is 1.67 bits per heavy atom. The van der Waals surface area contributed by atoms with Crippen molar-refractivity contribution in [3.63, 3.8) is 0 Å². The van der Waals surface area contributed by atoms with Gasteiger partial charge in [0, 0.05) is 30.6 Å². The molecular formula is C24H26N4O4S. The first-order valence-electron chi connectivity index (χ1n) is 11.0. The summed E-state index contributed by atoms with van der Waals surface area (Å²) in [5, 5.41) is 11.7. The number of fused-ring (bicyclic) bond motifs is 1. The zero-order valence-electron chi connectivity index (χ0n) is 18.7. The molecule has 0 fully saturated rings. The number of nitrogens with zero attached hydrogens (tertiary/aromatic N) is 4. The van der Waals surface area contributed by atoms with Crippen LogP contribution in [0.25, 0.3) is 10.8 Å². The minimum atomic E-state index is -0.501. The Morgan fingerprint density at radius 1 is 1.00 bits per heavy atom. The Labute approximate surface area is 195 Å². The van der Waals surface area contributed by atoms with E-state index < -0.39 is 10.5 Å². The van der Waals surface area contributed by atoms with Crippen molar-refractivity contribution in [2.24, 2.45) is 4.99 Å². The normalized spacial score (nSPS) is 11.5. The zero-order valence-corrected chi connectivity index (χ0v) is 19.5. The van der Waals surface area contributed by atoms with Crippen molar-refractivity contribution in [3.8, 4) is 0 Å². The Kier molecular flexibility index (Phi) is 8.37. The van der Waals surface area contributed by atoms with Crippen LogP contribution in [0.4, 0.5) is 17.2 Å². The van der Waals surface area contributed by atoms with Gasteiger partial charge in [-0.25, -0.2) is 4.99 Å². The summed E-state index contributed by atoms with van der Waals surface area (Å²) in [4.78, 5) is 47.9. The van der Waals surface area contributed by atoms with E-state index in [1.807, 2.05) is 4.90 Å². The second kappa shape index (κ2) is 11.4. The van der Waals surface area contributed by atoms with Gasteiger partial charge in [-0.3, -0.25) is 19.7 Å². The third-order valence-corrected chi connectivity index (χ3v) is 5.97. The molecule has 0 radical (unpaired) electrons. The third kappa shape index (κ3) is 6.07. The van der Waals surface area contributed by atoms with Crippen molar-refractivity contribution < 1.29 is 4.92 Å². The maximum atomic E-state index is 13.1. The Balaban J connectivity index is 2.38. The minimum absolute atomic E-state index is 0.104. The van der Waals surface area contributed by atoms with Crippen LogP contribution >= 0.6 is 11.3 Å². The van der Waals surface area contributed by atoms with Gasteiger partial charge in [0.05, 0.1) is 16.0 Å². The van der Waals surface area contributed by atoms with Crippen LogP contribution < -0.4 is 19.9 Å². The maximum Gasteiger partial charge on any atom is 0.279 e. The minimum Gasteiger partial charge on any atom is -0.354 e. The number of unbranched alkanes of at least 4 members (excludes halogenated alkanes) is 2. The lowest BCUT2D eigenvalue weighted by Crippen LogP contribution is -2.32. The average molecular weight is 467 g/mol. The molecule has 0 spiro atoms. The first-order valence-corrected chi connectivity index (χ1v) is 11.8. The van der Waals surface area contributed by atoms with E-state index in [0.717, 1.165) is 37.0 Å². The van der Waals surface area contributed by atoms with Crippen LogP contribution in [0.15, 0.2) is 63.1 Å². The van der Waals surface area contributed by atoms with E-state index in [1.54, 1.807) is 30.3 Å². The van der Waals surface area contributed by atoms with Gasteiger partial charge in [-0.05, 0) is 31.0 Å². The molecule has 9 heteroatoms. The lowest BCUT2D eigenvalue weighted by Gasteiger charge is -2.22. The van der Waals surface area contributed by atoms with Crippen LogP contribution in [0.5, 0.6) is 0 Å². The van der Waals surface area contributed by atoms with Crippen molar-refractivity contribution in [2.75, 3.05) is 18.0 Å². The van der Waals surface area contributed by atoms with E-state index in [2.05, 4.69) is 23.8 Å². The smallest absolute Gasteiger partial charge is 0.279 e. The van der Waals surface area contributed by atoms with Crippen molar-refractivity contribution in [3.05, 3.63) is 83.2 Å². The lowest BCUT2D eigenvalue weighted by atomic mass is 10.2. The second-order valence-electron chi connectivity index (χ2n) is 7.56. The van der Waals surface area contributed by atoms with E-state index in [1.165, 1.54) is 18.2 Å². The van der Waals surface area contributed by atoms with Gasteiger partial charge in [0.15, 0.2) is 10.5 Å². The molecular weight excluding hydrogens is 440 g/mol. The largest absolute Gasteiger partial charge is 0.354 e. The van der Waals surface area contributed by atoms with E-state index in [9.17, 15) is 19.7 Å². The van der Waals surface area contributed by atoms with Crippen molar-refractivity contribution in [2.45, 2.75) is 39.5 Å². The summed E-state index contributed by atoms with van der Waals surface area (Å²) in [7, 11) is 0. The zero-order chi connectivity index (χ0) is 23.8. The SMILES string of the molecule is CCCCN(CCCC)c1nc(=O)c2ccccc2c(=O)sc1=Nc1cccc([N+](=O)[O-])c1. The van der Waals surface area contributed by atoms with E-state index in [4.69, 9.17) is 0 Å². The average Bonchev–Trinajstić information content (AvgIpc) is 2.82. The first kappa shape index (κ1) is 24.2. The third-order valence-electron chi connectivity index (χ3n) is 5.10. The number of hydrogen-bond donors (Lipinski definition) is 0. The topological polar surface area (TPSA) is 106 Å². The molecule has 2 aromatic carbocycles. The van der Waals surface area contributed by atoms with Crippen LogP contribution in [-0.2, 0) is 0 Å². The second-order valence-corrected chi connectivity index (χ2v) is 8.53. The molecule has 33 heavy (non-hydrogen) atoms. The van der Waals surface area contributed by atoms with Crippen LogP contribution in [0, 0.1) is 10.1 Å². The molecule has 3 aromatic rings. The van der Waals surface area contributed by atoms with Gasteiger partial charge >= 0.3 is 0 Å². The molecule has 8 nitrogen and oxygen atoms in total. The highest BCUT2D eigenvalue weighted by atomic mass is 32.1. The molecule has 0 saturated heterocycles. The number of aromatic nitrogens is 1. The predicted octanol–water partition coefficient (Wildman–Crippen LogP) is 4.56. The fourth-order valence-corrected chi connectivity index (χ4v) is 4.21. The van der Waals surface area contributed by atoms with Gasteiger partial charge in [-0.15, -0.1) is 0 Å². The number of benzene rings is 2. The van der Waals surface area contributed by atoms with Gasteiger partial charge in [0.25, 0.3) is 11.2 Å². The fraction of sp³-hybridized carbons (Fsp3) is 0.333. The summed E-state index contributed by atoms with van der Waals surface area (Å²) in [6.07, 6.45) is 3.68. The van der Waals surface area contributed by atoms with Gasteiger partial charge in [0.2, 0.25) is 4.74 Å². The summed E-state index contributed by atoms with van der Waals surface area (Å²) < 4.78 is -0.0583. The molecule has 0 bridgehead atoms. The molecule has 0 unspecified atom stereocenters. The Morgan fingerprint density at radius 3 is 2.30 bits per heavy atom. The number of anilines is 1. The van der Waals surface area contributed by atoms with Crippen LogP contribution in [0.1, 0.15) is 39.5 Å². The molecule has 1 heterocycles. The molecule has 0 amide bonds. The number of nitro benzene ring substituents is 1. The highest BCUT2D eigenvalue weighted by Gasteiger charge is 2.14. The Bertz CT molecular complexity index is 1330. The van der Waals surface area contributed by atoms with Crippen LogP contribution in [0.2, 0.25) is 0 Å². The van der Waals surface area contributed by atoms with Crippen LogP contribution in [0.3, 0.4) is 0 Å². The number of non-ortho nitro benzene ring substituents is 1. The molecule has 1 aromatic heterocycles. The van der Waals surface area contributed by atoms with E-state index in [0.29, 0.717) is 24.6 Å². The van der Waals surface area contributed by atoms with Gasteiger partial charge < -0.3 is 4.90 Å². The van der Waals surface area contributed by atoms with Gasteiger partial charge in [-0.2, -0.15) is 4.98 Å². The van der Waals surface area contributed by atoms with Crippen molar-refractivity contribution in [1.82, 2.24) is 4.98 Å². The summed E-state index contributed by atoms with van der Waals surface area (Å²) in [5.74, 6) is 0.334. The quantitative estimate of drug-likeness (QED) is 0.338. The molecule has 0 aliphatic rings. The highest BCUT2D eigenvalue weighted by molar-refractivity contribution is 7.07. The molecule has 0 aliphatic heterocycles. The van der Waals surface area contributed by atoms with E-state index in [-0.39, 0.29) is 25.9 Å². The van der Waals surface area contributed by atoms with E-state index >= 15 is 0 Å². The fourth-order valence-electron chi connectivity index (χ4n) is 3.33. The predicted molar refractivity (Wildman–Crippen MR) is 133 cm³/mol. The standard InChI is InChI=1S/C24H26N4O4S/c1-3-5-14-27(15-6-4-2)21-23(25-17-10-9-11-18(16-17)28(31)32)33-24(30)20-13-8-7-12-19(20)22(29)26-21/h7-13,16H,3-6,14-15H2,1-2H3. The lowest BCUT2D eigenvalue weighted by molar-refractivity contribution is -0.384. The number of rotatable bonds is 9. The summed E-state index contributed by atoms with van der Waals surface area (Å²) in [5.41, 5.74) is -0.286. The molecule has 0 N–H and O–H groups in total. The monoisotopic (exact) mass is 466 g/mol. The van der Waals surface area contributed by atoms with Crippen molar-refractivity contribution in [1.29, 1.82) is 0 Å².